The second-order valence-corrected chi connectivity index (χ2v) is 10.5. The van der Waals surface area contributed by atoms with E-state index in [1.165, 1.54) is 31.3 Å². The minimum atomic E-state index is -3.53. The Kier molecular flexibility index (Phi) is 6.19. The van der Waals surface area contributed by atoms with Crippen LogP contribution in [0.15, 0.2) is 41.4 Å². The maximum Gasteiger partial charge on any atom is 0.251 e. The largest absolute Gasteiger partial charge is 0.342 e. The van der Waals surface area contributed by atoms with E-state index in [1.807, 2.05) is 6.07 Å². The van der Waals surface area contributed by atoms with Crippen LogP contribution in [-0.4, -0.2) is 39.8 Å². The summed E-state index contributed by atoms with van der Waals surface area (Å²) in [6.07, 6.45) is 3.45. The number of carbonyl (C=O) groups excluding carboxylic acids is 1. The molecule has 11 heteroatoms. The summed E-state index contributed by atoms with van der Waals surface area (Å²) < 4.78 is 26.1. The highest BCUT2D eigenvalue weighted by Gasteiger charge is 2.31. The van der Waals surface area contributed by atoms with Crippen molar-refractivity contribution in [2.45, 2.75) is 43.5 Å². The van der Waals surface area contributed by atoms with Crippen LogP contribution in [0.3, 0.4) is 0 Å². The van der Waals surface area contributed by atoms with Gasteiger partial charge in [-0.3, -0.25) is 4.79 Å². The molecule has 1 amide bonds. The number of nitriles is 1. The summed E-state index contributed by atoms with van der Waals surface area (Å²) in [5, 5.41) is 16.6. The maximum atomic E-state index is 13.0. The molecule has 0 bridgehead atoms. The topological polar surface area (TPSA) is 131 Å². The summed E-state index contributed by atoms with van der Waals surface area (Å²) in [6.45, 7) is 3.28. The minimum Gasteiger partial charge on any atom is -0.342 e. The summed E-state index contributed by atoms with van der Waals surface area (Å²) in [7, 11) is -3.53. The Labute approximate surface area is 196 Å². The quantitative estimate of drug-likeness (QED) is 0.544. The van der Waals surface area contributed by atoms with Gasteiger partial charge in [0.15, 0.2) is 27.3 Å². The van der Waals surface area contributed by atoms with Gasteiger partial charge in [0.2, 0.25) is 0 Å². The summed E-state index contributed by atoms with van der Waals surface area (Å²) in [5.74, 6) is 1.31. The zero-order chi connectivity index (χ0) is 23.8. The van der Waals surface area contributed by atoms with E-state index in [2.05, 4.69) is 20.4 Å². The number of halogens is 1. The molecule has 170 valence electrons. The molecular formula is C22H21ClN6O3S. The molecule has 1 atom stereocenters. The maximum absolute atomic E-state index is 13.0. The van der Waals surface area contributed by atoms with Crippen LogP contribution in [0.5, 0.6) is 0 Å². The fraction of sp³-hybridized carbons (Fsp3) is 0.318. The molecule has 33 heavy (non-hydrogen) atoms. The summed E-state index contributed by atoms with van der Waals surface area (Å²) in [4.78, 5) is 21.9. The molecule has 0 saturated heterocycles. The molecule has 0 aliphatic heterocycles. The molecule has 0 unspecified atom stereocenters. The van der Waals surface area contributed by atoms with E-state index >= 15 is 0 Å². The van der Waals surface area contributed by atoms with Crippen LogP contribution in [0.1, 0.15) is 66.2 Å². The van der Waals surface area contributed by atoms with E-state index in [4.69, 9.17) is 16.9 Å². The van der Waals surface area contributed by atoms with Crippen molar-refractivity contribution in [1.29, 1.82) is 5.26 Å². The zero-order valence-electron chi connectivity index (χ0n) is 18.0. The van der Waals surface area contributed by atoms with E-state index in [0.29, 0.717) is 23.0 Å². The van der Waals surface area contributed by atoms with Gasteiger partial charge in [0.25, 0.3) is 5.91 Å². The second kappa shape index (κ2) is 8.92. The van der Waals surface area contributed by atoms with Crippen molar-refractivity contribution in [2.24, 2.45) is 0 Å². The lowest BCUT2D eigenvalue weighted by Gasteiger charge is -2.15. The molecule has 1 aromatic carbocycles. The van der Waals surface area contributed by atoms with Crippen molar-refractivity contribution in [2.75, 3.05) is 5.75 Å². The van der Waals surface area contributed by atoms with Gasteiger partial charge in [-0.05, 0) is 50.1 Å². The molecule has 1 saturated carbocycles. The van der Waals surface area contributed by atoms with Crippen molar-refractivity contribution in [3.05, 3.63) is 64.3 Å². The number of sulfone groups is 1. The molecule has 1 fully saturated rings. The molecule has 2 heterocycles. The molecule has 0 spiro atoms. The summed E-state index contributed by atoms with van der Waals surface area (Å²) in [5.41, 5.74) is 0.550. The smallest absolute Gasteiger partial charge is 0.251 e. The van der Waals surface area contributed by atoms with Gasteiger partial charge in [0.1, 0.15) is 6.07 Å². The molecule has 0 radical (unpaired) electrons. The van der Waals surface area contributed by atoms with Gasteiger partial charge in [0.05, 0.1) is 22.3 Å². The monoisotopic (exact) mass is 484 g/mol. The van der Waals surface area contributed by atoms with Gasteiger partial charge in [-0.15, -0.1) is 5.10 Å². The number of nitrogens with zero attached hydrogens (tertiary/aromatic N) is 5. The number of nitrogens with one attached hydrogen (secondary N) is 1. The first-order chi connectivity index (χ1) is 15.7. The molecule has 1 aliphatic carbocycles. The fourth-order valence-corrected chi connectivity index (χ4v) is 4.51. The van der Waals surface area contributed by atoms with Crippen LogP contribution in [-0.2, 0) is 9.84 Å². The zero-order valence-corrected chi connectivity index (χ0v) is 19.6. The molecule has 2 aromatic heterocycles. The number of hydrogen-bond donors (Lipinski definition) is 1. The molecule has 9 nitrogen and oxygen atoms in total. The normalized spacial score (nSPS) is 14.5. The fourth-order valence-electron chi connectivity index (χ4n) is 3.27. The highest BCUT2D eigenvalue weighted by atomic mass is 35.5. The Morgan fingerprint density at radius 2 is 2.09 bits per heavy atom. The Morgan fingerprint density at radius 1 is 1.33 bits per heavy atom. The highest BCUT2D eigenvalue weighted by Crippen LogP contribution is 2.38. The van der Waals surface area contributed by atoms with Crippen LogP contribution >= 0.6 is 11.6 Å². The third kappa shape index (κ3) is 4.89. The molecule has 1 N–H and O–H groups in total. The van der Waals surface area contributed by atoms with Gasteiger partial charge in [0, 0.05) is 22.7 Å². The Balaban J connectivity index is 1.64. The lowest BCUT2D eigenvalue weighted by Crippen LogP contribution is -2.29. The van der Waals surface area contributed by atoms with Gasteiger partial charge in [-0.25, -0.2) is 18.4 Å². The third-order valence-corrected chi connectivity index (χ3v) is 7.22. The molecule has 4 rings (SSSR count). The van der Waals surface area contributed by atoms with Crippen LogP contribution in [0.4, 0.5) is 0 Å². The van der Waals surface area contributed by atoms with Crippen LogP contribution in [0.25, 0.3) is 5.82 Å². The first-order valence-corrected chi connectivity index (χ1v) is 12.4. The Morgan fingerprint density at radius 3 is 2.70 bits per heavy atom. The van der Waals surface area contributed by atoms with E-state index in [1.54, 1.807) is 23.7 Å². The number of hydrogen-bond acceptors (Lipinski definition) is 7. The Bertz CT molecular complexity index is 1360. The van der Waals surface area contributed by atoms with Crippen molar-refractivity contribution in [1.82, 2.24) is 25.1 Å². The van der Waals surface area contributed by atoms with E-state index < -0.39 is 21.8 Å². The first kappa shape index (κ1) is 22.9. The average molecular weight is 485 g/mol. The van der Waals surface area contributed by atoms with Crippen molar-refractivity contribution < 1.29 is 13.2 Å². The van der Waals surface area contributed by atoms with E-state index in [-0.39, 0.29) is 27.2 Å². The lowest BCUT2D eigenvalue weighted by atomic mass is 10.2. The second-order valence-electron chi connectivity index (χ2n) is 7.81. The van der Waals surface area contributed by atoms with Crippen LogP contribution < -0.4 is 5.32 Å². The highest BCUT2D eigenvalue weighted by molar-refractivity contribution is 7.91. The summed E-state index contributed by atoms with van der Waals surface area (Å²) >= 11 is 6.08. The average Bonchev–Trinajstić information content (AvgIpc) is 3.56. The van der Waals surface area contributed by atoms with Crippen LogP contribution in [0, 0.1) is 11.3 Å². The van der Waals surface area contributed by atoms with Gasteiger partial charge in [-0.1, -0.05) is 18.5 Å². The van der Waals surface area contributed by atoms with Gasteiger partial charge < -0.3 is 5.32 Å². The summed E-state index contributed by atoms with van der Waals surface area (Å²) in [6, 6.07) is 8.82. The predicted octanol–water partition coefficient (Wildman–Crippen LogP) is 3.35. The molecular weight excluding hydrogens is 464 g/mol. The first-order valence-electron chi connectivity index (χ1n) is 10.4. The molecule has 1 aliphatic rings. The Hall–Kier alpha value is -3.29. The lowest BCUT2D eigenvalue weighted by molar-refractivity contribution is 0.0937. The standard InChI is InChI=1S/C22H21ClN6O3S/c1-3-33(31,32)18-9-16(8-17(23)10-18)22(30)26-13(2)21-27-20(15-5-6-15)28-29(21)19-7-4-14(11-24)12-25-19/h4,7-10,12-13,15H,3,5-6H2,1-2H3,(H,26,30)/t13-/m0/s1. The van der Waals surface area contributed by atoms with Crippen molar-refractivity contribution >= 4 is 27.3 Å². The van der Waals surface area contributed by atoms with E-state index in [9.17, 15) is 13.2 Å². The van der Waals surface area contributed by atoms with Gasteiger partial charge >= 0.3 is 0 Å². The molecule has 3 aromatic rings. The van der Waals surface area contributed by atoms with Crippen molar-refractivity contribution in [3.63, 3.8) is 0 Å². The SMILES string of the molecule is CCS(=O)(=O)c1cc(Cl)cc(C(=O)N[C@@H](C)c2nc(C3CC3)nn2-c2ccc(C#N)cn2)c1. The number of benzene rings is 1. The minimum absolute atomic E-state index is 0.00345. The van der Waals surface area contributed by atoms with Crippen molar-refractivity contribution in [3.8, 4) is 11.9 Å². The predicted molar refractivity (Wildman–Crippen MR) is 121 cm³/mol. The third-order valence-electron chi connectivity index (χ3n) is 5.29. The number of aromatic nitrogens is 4. The van der Waals surface area contributed by atoms with Crippen LogP contribution in [0.2, 0.25) is 5.02 Å². The van der Waals surface area contributed by atoms with E-state index in [0.717, 1.165) is 12.8 Å². The number of pyridine rings is 1. The number of amides is 1. The van der Waals surface area contributed by atoms with Gasteiger partial charge in [-0.2, -0.15) is 9.94 Å². The number of carbonyl (C=O) groups is 1. The number of rotatable bonds is 7.